The van der Waals surface area contributed by atoms with E-state index >= 15 is 0 Å². The molecule has 1 aliphatic rings. The molecule has 8 heteroatoms. The number of carbonyl (C=O) groups is 1. The number of likely N-dealkylation sites (tertiary alicyclic amines) is 1. The third-order valence-electron chi connectivity index (χ3n) is 9.00. The van der Waals surface area contributed by atoms with Crippen molar-refractivity contribution in [3.63, 3.8) is 0 Å². The second-order valence-corrected chi connectivity index (χ2v) is 12.3. The molecular formula is C34H55N4O4+. The van der Waals surface area contributed by atoms with Crippen molar-refractivity contribution in [3.05, 3.63) is 58.7 Å². The maximum absolute atomic E-state index is 13.1. The van der Waals surface area contributed by atoms with Crippen LogP contribution in [0.3, 0.4) is 0 Å². The highest BCUT2D eigenvalue weighted by atomic mass is 16.3. The maximum Gasteiger partial charge on any atom is 0.279 e. The molecule has 1 saturated heterocycles. The zero-order valence-corrected chi connectivity index (χ0v) is 26.4. The summed E-state index contributed by atoms with van der Waals surface area (Å²) in [5.74, 6) is -0.0847. The van der Waals surface area contributed by atoms with Crippen LogP contribution >= 0.6 is 0 Å². The third-order valence-corrected chi connectivity index (χ3v) is 9.00. The van der Waals surface area contributed by atoms with E-state index in [2.05, 4.69) is 41.5 Å². The van der Waals surface area contributed by atoms with Crippen LogP contribution in [0.2, 0.25) is 0 Å². The van der Waals surface area contributed by atoms with Crippen LogP contribution in [0.4, 0.5) is 11.4 Å². The number of unbranched alkanes of at least 4 members (excludes halogenated alkanes) is 3. The molecule has 2 aromatic rings. The highest BCUT2D eigenvalue weighted by molar-refractivity contribution is 5.93. The molecule has 0 saturated carbocycles. The lowest BCUT2D eigenvalue weighted by Gasteiger charge is -2.39. The Kier molecular flexibility index (Phi) is 13.7. The fourth-order valence-corrected chi connectivity index (χ4v) is 6.55. The van der Waals surface area contributed by atoms with E-state index in [1.807, 2.05) is 38.1 Å². The third kappa shape index (κ3) is 9.78. The van der Waals surface area contributed by atoms with Gasteiger partial charge in [-0.2, -0.15) is 0 Å². The summed E-state index contributed by atoms with van der Waals surface area (Å²) in [7, 11) is 0. The SMILES string of the molecule is Cc1cccc(C)c1NC(=O)C[N+](CCO)(CCO)CCCCCCN1CCCCC1C(O)Nc1c(C)cccc1C. The number of benzene rings is 2. The molecule has 1 fully saturated rings. The minimum atomic E-state index is -0.602. The highest BCUT2D eigenvalue weighted by Gasteiger charge is 2.31. The molecule has 0 aliphatic carbocycles. The summed E-state index contributed by atoms with van der Waals surface area (Å²) in [6.07, 6.45) is 6.77. The quantitative estimate of drug-likeness (QED) is 0.107. The largest absolute Gasteiger partial charge is 0.391 e. The van der Waals surface area contributed by atoms with Gasteiger partial charge in [-0.15, -0.1) is 0 Å². The normalized spacial score (nSPS) is 16.8. The number of aliphatic hydroxyl groups is 3. The Labute approximate surface area is 253 Å². The first kappa shape index (κ1) is 34.0. The molecule has 0 aromatic heterocycles. The Balaban J connectivity index is 1.49. The van der Waals surface area contributed by atoms with Crippen LogP contribution in [0.1, 0.15) is 67.2 Å². The van der Waals surface area contributed by atoms with Crippen molar-refractivity contribution in [2.75, 3.05) is 63.1 Å². The van der Waals surface area contributed by atoms with Gasteiger partial charge in [-0.25, -0.2) is 0 Å². The van der Waals surface area contributed by atoms with Crippen LogP contribution < -0.4 is 10.6 Å². The molecule has 2 unspecified atom stereocenters. The van der Waals surface area contributed by atoms with Gasteiger partial charge in [0, 0.05) is 11.4 Å². The first-order valence-corrected chi connectivity index (χ1v) is 15.9. The van der Waals surface area contributed by atoms with E-state index in [1.54, 1.807) is 0 Å². The Morgan fingerprint density at radius 3 is 2.02 bits per heavy atom. The molecule has 1 aliphatic heterocycles. The number of carbonyl (C=O) groups excluding carboxylic acids is 1. The minimum absolute atomic E-state index is 0.0224. The number of nitrogens with one attached hydrogen (secondary N) is 2. The average Bonchev–Trinajstić information content (AvgIpc) is 2.95. The topological polar surface area (TPSA) is 105 Å². The Hall–Kier alpha value is -2.49. The fourth-order valence-electron chi connectivity index (χ4n) is 6.55. The zero-order chi connectivity index (χ0) is 30.5. The summed E-state index contributed by atoms with van der Waals surface area (Å²) in [6, 6.07) is 12.3. The first-order valence-electron chi connectivity index (χ1n) is 15.9. The Morgan fingerprint density at radius 2 is 1.43 bits per heavy atom. The smallest absolute Gasteiger partial charge is 0.279 e. The molecule has 0 spiro atoms. The number of nitrogens with zero attached hydrogens (tertiary/aromatic N) is 2. The number of aliphatic hydroxyl groups excluding tert-OH is 3. The summed E-state index contributed by atoms with van der Waals surface area (Å²) in [5.41, 5.74) is 6.22. The predicted molar refractivity (Wildman–Crippen MR) is 172 cm³/mol. The number of aryl methyl sites for hydroxylation is 4. The number of anilines is 2. The van der Waals surface area contributed by atoms with Gasteiger partial charge < -0.3 is 30.4 Å². The van der Waals surface area contributed by atoms with Crippen molar-refractivity contribution < 1.29 is 24.6 Å². The molecule has 5 N–H and O–H groups in total. The summed E-state index contributed by atoms with van der Waals surface area (Å²) < 4.78 is 0.383. The van der Waals surface area contributed by atoms with E-state index in [-0.39, 0.29) is 31.7 Å². The Morgan fingerprint density at radius 1 is 0.857 bits per heavy atom. The van der Waals surface area contributed by atoms with Gasteiger partial charge in [0.15, 0.2) is 6.54 Å². The number of piperidine rings is 1. The van der Waals surface area contributed by atoms with E-state index in [0.29, 0.717) is 17.6 Å². The summed E-state index contributed by atoms with van der Waals surface area (Å²) in [4.78, 5) is 15.6. The lowest BCUT2D eigenvalue weighted by Crippen LogP contribution is -2.56. The van der Waals surface area contributed by atoms with Crippen LogP contribution in [0, 0.1) is 27.7 Å². The summed E-state index contributed by atoms with van der Waals surface area (Å²) in [6.45, 7) is 11.9. The maximum atomic E-state index is 13.1. The van der Waals surface area contributed by atoms with E-state index < -0.39 is 6.23 Å². The second kappa shape index (κ2) is 17.0. The van der Waals surface area contributed by atoms with Gasteiger partial charge in [0.05, 0.1) is 25.8 Å². The minimum Gasteiger partial charge on any atom is -0.391 e. The van der Waals surface area contributed by atoms with Gasteiger partial charge in [0.2, 0.25) is 0 Å². The predicted octanol–water partition coefficient (Wildman–Crippen LogP) is 4.51. The van der Waals surface area contributed by atoms with Crippen molar-refractivity contribution in [2.24, 2.45) is 0 Å². The molecule has 3 rings (SSSR count). The number of para-hydroxylation sites is 2. The molecule has 2 aromatic carbocycles. The lowest BCUT2D eigenvalue weighted by atomic mass is 9.99. The first-order chi connectivity index (χ1) is 20.2. The van der Waals surface area contributed by atoms with E-state index in [1.165, 1.54) is 6.42 Å². The van der Waals surface area contributed by atoms with E-state index in [0.717, 1.165) is 91.8 Å². The number of rotatable bonds is 17. The molecule has 0 radical (unpaired) electrons. The molecule has 8 nitrogen and oxygen atoms in total. The van der Waals surface area contributed by atoms with Gasteiger partial charge in [-0.1, -0.05) is 49.2 Å². The second-order valence-electron chi connectivity index (χ2n) is 12.3. The van der Waals surface area contributed by atoms with Crippen molar-refractivity contribution >= 4 is 17.3 Å². The number of amides is 1. The lowest BCUT2D eigenvalue weighted by molar-refractivity contribution is -0.921. The van der Waals surface area contributed by atoms with Crippen molar-refractivity contribution in [1.29, 1.82) is 0 Å². The molecule has 234 valence electrons. The fraction of sp³-hybridized carbons (Fsp3) is 0.618. The monoisotopic (exact) mass is 583 g/mol. The van der Waals surface area contributed by atoms with Gasteiger partial charge in [-0.3, -0.25) is 9.69 Å². The van der Waals surface area contributed by atoms with Gasteiger partial charge in [0.25, 0.3) is 5.91 Å². The molecule has 2 atom stereocenters. The van der Waals surface area contributed by atoms with Crippen molar-refractivity contribution in [2.45, 2.75) is 84.9 Å². The van der Waals surface area contributed by atoms with Crippen molar-refractivity contribution in [1.82, 2.24) is 4.90 Å². The zero-order valence-electron chi connectivity index (χ0n) is 26.4. The van der Waals surface area contributed by atoms with Gasteiger partial charge in [0.1, 0.15) is 19.3 Å². The molecule has 1 heterocycles. The highest BCUT2D eigenvalue weighted by Crippen LogP contribution is 2.26. The van der Waals surface area contributed by atoms with Crippen LogP contribution in [-0.4, -0.2) is 95.4 Å². The van der Waals surface area contributed by atoms with Crippen LogP contribution in [-0.2, 0) is 4.79 Å². The van der Waals surface area contributed by atoms with Crippen molar-refractivity contribution in [3.8, 4) is 0 Å². The van der Waals surface area contributed by atoms with E-state index in [9.17, 15) is 20.1 Å². The van der Waals surface area contributed by atoms with Crippen LogP contribution in [0.5, 0.6) is 0 Å². The number of hydrogen-bond donors (Lipinski definition) is 5. The van der Waals surface area contributed by atoms with Gasteiger partial charge in [-0.05, 0) is 95.1 Å². The molecular weight excluding hydrogens is 528 g/mol. The molecule has 42 heavy (non-hydrogen) atoms. The van der Waals surface area contributed by atoms with Crippen LogP contribution in [0.15, 0.2) is 36.4 Å². The molecule has 1 amide bonds. The standard InChI is InChI=1S/C34H54N4O4/c1-26-13-11-14-27(2)32(26)35-31(41)25-38(21-23-39,22-24-40)20-10-6-5-8-18-37-19-9-7-17-30(37)34(42)36-33-28(3)15-12-16-29(33)4/h11-16,30,34,36,39-40,42H,5-10,17-25H2,1-4H3/p+1. The Bertz CT molecular complexity index is 1080. The molecule has 0 bridgehead atoms. The number of quaternary nitrogens is 1. The van der Waals surface area contributed by atoms with Gasteiger partial charge >= 0.3 is 0 Å². The average molecular weight is 584 g/mol. The summed E-state index contributed by atoms with van der Waals surface area (Å²) in [5, 5.41) is 37.3. The van der Waals surface area contributed by atoms with Crippen LogP contribution in [0.25, 0.3) is 0 Å². The van der Waals surface area contributed by atoms with E-state index in [4.69, 9.17) is 0 Å². The number of hydrogen-bond acceptors (Lipinski definition) is 6. The summed E-state index contributed by atoms with van der Waals surface area (Å²) >= 11 is 0.